The van der Waals surface area contributed by atoms with E-state index in [1.807, 2.05) is 13.8 Å². The summed E-state index contributed by atoms with van der Waals surface area (Å²) in [5.41, 5.74) is 0. The van der Waals surface area contributed by atoms with Gasteiger partial charge in [-0.1, -0.05) is 13.8 Å². The summed E-state index contributed by atoms with van der Waals surface area (Å²) in [6, 6.07) is 4.72. The van der Waals surface area contributed by atoms with Crippen LogP contribution in [0.25, 0.3) is 0 Å². The van der Waals surface area contributed by atoms with Gasteiger partial charge in [0, 0.05) is 11.6 Å². The van der Waals surface area contributed by atoms with Crippen molar-refractivity contribution in [2.24, 2.45) is 5.92 Å². The van der Waals surface area contributed by atoms with Gasteiger partial charge in [0.1, 0.15) is 0 Å². The molecule has 5 heteroatoms. The maximum Gasteiger partial charge on any atom is 2.00 e. The standard InChI is InChI=1S/C11H13F2O.BrH.Mg/c1-8(2)6-7-14-10-5-3-4-9(12)11(10)13;;/h4-5,8H,6-7H2,1-2H3;1H;/q-1;;+2/p-1. The zero-order valence-electron chi connectivity index (χ0n) is 9.40. The number of ether oxygens (including phenoxy) is 1. The van der Waals surface area contributed by atoms with Crippen LogP contribution in [-0.2, 0) is 0 Å². The van der Waals surface area contributed by atoms with E-state index in [9.17, 15) is 8.78 Å². The molecule has 16 heavy (non-hydrogen) atoms. The number of hydrogen-bond donors (Lipinski definition) is 0. The second kappa shape index (κ2) is 9.19. The van der Waals surface area contributed by atoms with Crippen LogP contribution in [-0.4, -0.2) is 29.7 Å². The van der Waals surface area contributed by atoms with E-state index in [1.165, 1.54) is 6.07 Å². The first-order valence-corrected chi connectivity index (χ1v) is 4.59. The molecule has 1 aromatic carbocycles. The summed E-state index contributed by atoms with van der Waals surface area (Å²) in [6.07, 6.45) is 0.815. The Morgan fingerprint density at radius 3 is 2.50 bits per heavy atom. The average molecular weight is 303 g/mol. The third kappa shape index (κ3) is 6.01. The Morgan fingerprint density at radius 2 is 1.94 bits per heavy atom. The predicted octanol–water partition coefficient (Wildman–Crippen LogP) is -0.187. The van der Waals surface area contributed by atoms with Gasteiger partial charge in [-0.25, -0.2) is 4.39 Å². The molecule has 1 aromatic rings. The van der Waals surface area contributed by atoms with Crippen LogP contribution in [0, 0.1) is 23.6 Å². The summed E-state index contributed by atoms with van der Waals surface area (Å²) in [7, 11) is 0. The van der Waals surface area contributed by atoms with Crippen molar-refractivity contribution in [3.8, 4) is 5.75 Å². The summed E-state index contributed by atoms with van der Waals surface area (Å²) in [5, 5.41) is 0. The first-order chi connectivity index (χ1) is 6.61. The van der Waals surface area contributed by atoms with Crippen molar-refractivity contribution in [2.45, 2.75) is 20.3 Å². The van der Waals surface area contributed by atoms with Gasteiger partial charge in [-0.15, -0.1) is 12.1 Å². The summed E-state index contributed by atoms with van der Waals surface area (Å²) in [6.45, 7) is 4.47. The van der Waals surface area contributed by atoms with Crippen molar-refractivity contribution in [1.29, 1.82) is 0 Å². The van der Waals surface area contributed by atoms with Gasteiger partial charge >= 0.3 is 23.1 Å². The molecule has 0 spiro atoms. The fraction of sp³-hybridized carbons (Fsp3) is 0.455. The maximum absolute atomic E-state index is 13.0. The SMILES string of the molecule is CC(C)CCOc1c[c-]cc(F)c1F.[Br-].[Mg+2]. The summed E-state index contributed by atoms with van der Waals surface area (Å²) >= 11 is 0. The minimum absolute atomic E-state index is 0. The monoisotopic (exact) mass is 302 g/mol. The molecule has 0 aliphatic heterocycles. The molecular weight excluding hydrogens is 290 g/mol. The molecule has 0 aromatic heterocycles. The molecule has 0 atom stereocenters. The second-order valence-corrected chi connectivity index (χ2v) is 3.51. The normalized spacial score (nSPS) is 9.31. The Kier molecular flexibility index (Phi) is 10.6. The molecule has 0 amide bonds. The van der Waals surface area contributed by atoms with Crippen molar-refractivity contribution >= 4 is 23.1 Å². The van der Waals surface area contributed by atoms with Gasteiger partial charge in [0.25, 0.3) is 0 Å². The molecule has 0 heterocycles. The van der Waals surface area contributed by atoms with Crippen LogP contribution in [0.1, 0.15) is 20.3 Å². The molecule has 0 saturated heterocycles. The van der Waals surface area contributed by atoms with Crippen LogP contribution in [0.4, 0.5) is 8.78 Å². The molecule has 86 valence electrons. The average Bonchev–Trinajstić information content (AvgIpc) is 2.12. The Morgan fingerprint density at radius 1 is 1.31 bits per heavy atom. The molecule has 0 radical (unpaired) electrons. The van der Waals surface area contributed by atoms with Gasteiger partial charge in [-0.3, -0.25) is 4.39 Å². The van der Waals surface area contributed by atoms with Crippen LogP contribution in [0.5, 0.6) is 5.75 Å². The Bertz CT molecular complexity index is 308. The van der Waals surface area contributed by atoms with Crippen molar-refractivity contribution < 1.29 is 30.5 Å². The zero-order valence-corrected chi connectivity index (χ0v) is 12.4. The van der Waals surface area contributed by atoms with Gasteiger partial charge < -0.3 is 21.7 Å². The van der Waals surface area contributed by atoms with Gasteiger partial charge in [0.15, 0.2) is 0 Å². The molecular formula is C11H13BrF2MgO. The van der Waals surface area contributed by atoms with Crippen LogP contribution < -0.4 is 21.7 Å². The number of benzene rings is 1. The minimum Gasteiger partial charge on any atom is -1.00 e. The quantitative estimate of drug-likeness (QED) is 0.554. The zero-order chi connectivity index (χ0) is 10.6. The van der Waals surface area contributed by atoms with E-state index in [1.54, 1.807) is 0 Å². The van der Waals surface area contributed by atoms with Crippen LogP contribution >= 0.6 is 0 Å². The molecule has 0 aliphatic carbocycles. The Balaban J connectivity index is 0. The maximum atomic E-state index is 13.0. The Labute approximate surface area is 121 Å². The van der Waals surface area contributed by atoms with Gasteiger partial charge in [0.05, 0.1) is 12.4 Å². The van der Waals surface area contributed by atoms with Crippen LogP contribution in [0.2, 0.25) is 0 Å². The third-order valence-corrected chi connectivity index (χ3v) is 1.80. The first kappa shape index (κ1) is 18.5. The predicted molar refractivity (Wildman–Crippen MR) is 55.9 cm³/mol. The van der Waals surface area contributed by atoms with Crippen molar-refractivity contribution in [2.75, 3.05) is 6.61 Å². The molecule has 0 N–H and O–H groups in total. The smallest absolute Gasteiger partial charge is 1.00 e. The number of hydrogen-bond acceptors (Lipinski definition) is 1. The fourth-order valence-corrected chi connectivity index (χ4v) is 0.945. The van der Waals surface area contributed by atoms with Crippen LogP contribution in [0.3, 0.4) is 0 Å². The summed E-state index contributed by atoms with van der Waals surface area (Å²) in [4.78, 5) is 0. The minimum atomic E-state index is -0.937. The van der Waals surface area contributed by atoms with Gasteiger partial charge in [0.2, 0.25) is 0 Å². The summed E-state index contributed by atoms with van der Waals surface area (Å²) in [5.74, 6) is -1.44. The largest absolute Gasteiger partial charge is 2.00 e. The molecule has 0 saturated carbocycles. The second-order valence-electron chi connectivity index (χ2n) is 3.51. The van der Waals surface area contributed by atoms with Gasteiger partial charge in [-0.2, -0.15) is 6.07 Å². The van der Waals surface area contributed by atoms with E-state index in [2.05, 4.69) is 6.07 Å². The molecule has 1 rings (SSSR count). The van der Waals surface area contributed by atoms with E-state index in [0.717, 1.165) is 12.5 Å². The van der Waals surface area contributed by atoms with E-state index in [4.69, 9.17) is 4.74 Å². The molecule has 1 nitrogen and oxygen atoms in total. The van der Waals surface area contributed by atoms with Crippen molar-refractivity contribution in [1.82, 2.24) is 0 Å². The molecule has 0 unspecified atom stereocenters. The summed E-state index contributed by atoms with van der Waals surface area (Å²) < 4.78 is 30.8. The topological polar surface area (TPSA) is 9.23 Å². The molecule has 0 bridgehead atoms. The fourth-order valence-electron chi connectivity index (χ4n) is 0.945. The van der Waals surface area contributed by atoms with E-state index < -0.39 is 11.6 Å². The third-order valence-electron chi connectivity index (χ3n) is 1.80. The van der Waals surface area contributed by atoms with E-state index in [0.29, 0.717) is 12.5 Å². The number of rotatable bonds is 4. The molecule has 0 aliphatic rings. The van der Waals surface area contributed by atoms with E-state index in [-0.39, 0.29) is 45.8 Å². The molecule has 0 fully saturated rings. The van der Waals surface area contributed by atoms with Crippen molar-refractivity contribution in [3.05, 3.63) is 29.8 Å². The number of halogens is 3. The van der Waals surface area contributed by atoms with E-state index >= 15 is 0 Å². The Hall–Kier alpha value is 0.126. The van der Waals surface area contributed by atoms with Gasteiger partial charge in [-0.05, 0) is 12.3 Å². The van der Waals surface area contributed by atoms with Crippen LogP contribution in [0.15, 0.2) is 12.1 Å². The van der Waals surface area contributed by atoms with Crippen molar-refractivity contribution in [3.63, 3.8) is 0 Å². The first-order valence-electron chi connectivity index (χ1n) is 4.59.